The zero-order chi connectivity index (χ0) is 24.6. The van der Waals surface area contributed by atoms with Crippen molar-refractivity contribution in [2.24, 2.45) is 0 Å². The molecular weight excluding hydrogens is 460 g/mol. The van der Waals surface area contributed by atoms with Gasteiger partial charge in [-0.05, 0) is 54.6 Å². The lowest BCUT2D eigenvalue weighted by atomic mass is 10.1. The summed E-state index contributed by atoms with van der Waals surface area (Å²) < 4.78 is 0. The van der Waals surface area contributed by atoms with Crippen LogP contribution in [0.4, 0.5) is 17.1 Å². The molecule has 0 saturated heterocycles. The first kappa shape index (κ1) is 23.8. The number of benzene rings is 4. The maximum absolute atomic E-state index is 13.2. The second-order valence-corrected chi connectivity index (χ2v) is 8.57. The maximum atomic E-state index is 13.2. The minimum absolute atomic E-state index is 0.0666. The minimum atomic E-state index is -1.17. The molecule has 4 rings (SSSR count). The molecule has 0 unspecified atom stereocenters. The fourth-order valence-electron chi connectivity index (χ4n) is 3.53. The Morgan fingerprint density at radius 3 is 1.89 bits per heavy atom. The van der Waals surface area contributed by atoms with Crippen LogP contribution in [-0.4, -0.2) is 28.6 Å². The van der Waals surface area contributed by atoms with Crippen LogP contribution in [0.1, 0.15) is 20.7 Å². The number of nitrogens with zero attached hydrogens (tertiary/aromatic N) is 1. The number of para-hydroxylation sites is 2. The summed E-state index contributed by atoms with van der Waals surface area (Å²) in [6.07, 6.45) is 0. The van der Waals surface area contributed by atoms with Gasteiger partial charge in [-0.2, -0.15) is 0 Å². The average Bonchev–Trinajstić information content (AvgIpc) is 2.89. The normalized spacial score (nSPS) is 10.4. The Hall–Kier alpha value is -4.36. The van der Waals surface area contributed by atoms with Gasteiger partial charge in [-0.15, -0.1) is 11.8 Å². The highest BCUT2D eigenvalue weighted by Crippen LogP contribution is 2.28. The number of hydrogen-bond acceptors (Lipinski definition) is 4. The quantitative estimate of drug-likeness (QED) is 0.297. The number of aromatic carboxylic acids is 1. The highest BCUT2D eigenvalue weighted by molar-refractivity contribution is 8.00. The van der Waals surface area contributed by atoms with Gasteiger partial charge >= 0.3 is 5.97 Å². The molecule has 4 aromatic rings. The molecule has 0 heterocycles. The van der Waals surface area contributed by atoms with Gasteiger partial charge < -0.3 is 10.4 Å². The third-order valence-corrected chi connectivity index (χ3v) is 6.11. The molecule has 6 nitrogen and oxygen atoms in total. The number of carboxylic acids is 1. The lowest BCUT2D eigenvalue weighted by Gasteiger charge is -2.23. The first-order valence-electron chi connectivity index (χ1n) is 10.8. The number of carbonyl (C=O) groups excluding carboxylic acids is 2. The third kappa shape index (κ3) is 5.96. The number of amides is 2. The standard InChI is InChI=1S/C28H22N2O4S/c31-26(30(21-11-3-1-4-12-21)22-13-5-2-6-14-22)19-35-23-15-9-10-20(18-23)29-27(32)24-16-7-8-17-25(24)28(33)34/h1-18H,19H2,(H,29,32)(H,33,34). The van der Waals surface area contributed by atoms with Gasteiger partial charge in [-0.1, -0.05) is 54.6 Å². The van der Waals surface area contributed by atoms with Crippen molar-refractivity contribution in [1.29, 1.82) is 0 Å². The molecule has 0 aliphatic heterocycles. The Labute approximate surface area is 207 Å². The SMILES string of the molecule is O=C(O)c1ccccc1C(=O)Nc1cccc(SCC(=O)N(c2ccccc2)c2ccccc2)c1. The average molecular weight is 483 g/mol. The van der Waals surface area contributed by atoms with Gasteiger partial charge in [0, 0.05) is 22.0 Å². The summed E-state index contributed by atoms with van der Waals surface area (Å²) in [6.45, 7) is 0. The molecule has 0 radical (unpaired) electrons. The Morgan fingerprint density at radius 1 is 0.714 bits per heavy atom. The number of hydrogen-bond donors (Lipinski definition) is 2. The Kier molecular flexibility index (Phi) is 7.60. The van der Waals surface area contributed by atoms with E-state index in [1.807, 2.05) is 66.7 Å². The summed E-state index contributed by atoms with van der Waals surface area (Å²) in [5, 5.41) is 12.1. The van der Waals surface area contributed by atoms with E-state index in [0.717, 1.165) is 16.3 Å². The summed E-state index contributed by atoms with van der Waals surface area (Å²) in [4.78, 5) is 39.8. The van der Waals surface area contributed by atoms with Gasteiger partial charge in [0.15, 0.2) is 0 Å². The predicted octanol–water partition coefficient (Wildman–Crippen LogP) is 6.09. The van der Waals surface area contributed by atoms with Crippen LogP contribution < -0.4 is 10.2 Å². The Balaban J connectivity index is 1.47. The largest absolute Gasteiger partial charge is 0.478 e. The highest BCUT2D eigenvalue weighted by Gasteiger charge is 2.19. The van der Waals surface area contributed by atoms with Crippen LogP contribution in [0.15, 0.2) is 114 Å². The fraction of sp³-hybridized carbons (Fsp3) is 0.0357. The molecule has 0 saturated carbocycles. The first-order valence-corrected chi connectivity index (χ1v) is 11.8. The van der Waals surface area contributed by atoms with E-state index in [9.17, 15) is 19.5 Å². The minimum Gasteiger partial charge on any atom is -0.478 e. The second-order valence-electron chi connectivity index (χ2n) is 7.52. The van der Waals surface area contributed by atoms with E-state index in [4.69, 9.17) is 0 Å². The molecule has 174 valence electrons. The monoisotopic (exact) mass is 482 g/mol. The fourth-order valence-corrected chi connectivity index (χ4v) is 4.33. The van der Waals surface area contributed by atoms with E-state index in [2.05, 4.69) is 5.32 Å². The van der Waals surface area contributed by atoms with Gasteiger partial charge in [0.05, 0.1) is 16.9 Å². The number of thioether (sulfide) groups is 1. The molecule has 2 N–H and O–H groups in total. The molecule has 0 aromatic heterocycles. The van der Waals surface area contributed by atoms with Crippen molar-refractivity contribution in [3.63, 3.8) is 0 Å². The van der Waals surface area contributed by atoms with E-state index in [1.54, 1.807) is 35.2 Å². The zero-order valence-electron chi connectivity index (χ0n) is 18.6. The van der Waals surface area contributed by atoms with Crippen LogP contribution in [0.5, 0.6) is 0 Å². The molecule has 0 bridgehead atoms. The summed E-state index contributed by atoms with van der Waals surface area (Å²) >= 11 is 1.35. The van der Waals surface area contributed by atoms with Crippen LogP contribution in [0.2, 0.25) is 0 Å². The molecule has 0 fully saturated rings. The van der Waals surface area contributed by atoms with Crippen LogP contribution in [0, 0.1) is 0 Å². The lowest BCUT2D eigenvalue weighted by molar-refractivity contribution is -0.115. The van der Waals surface area contributed by atoms with Gasteiger partial charge in [0.1, 0.15) is 0 Å². The summed E-state index contributed by atoms with van der Waals surface area (Å²) in [5.74, 6) is -1.58. The van der Waals surface area contributed by atoms with Crippen molar-refractivity contribution in [3.05, 3.63) is 120 Å². The highest BCUT2D eigenvalue weighted by atomic mass is 32.2. The van der Waals surface area contributed by atoms with Crippen molar-refractivity contribution in [2.75, 3.05) is 16.0 Å². The molecule has 0 aliphatic carbocycles. The zero-order valence-corrected chi connectivity index (χ0v) is 19.4. The van der Waals surface area contributed by atoms with Crippen LogP contribution in [0.25, 0.3) is 0 Å². The number of nitrogens with one attached hydrogen (secondary N) is 1. The number of anilines is 3. The van der Waals surface area contributed by atoms with Crippen LogP contribution >= 0.6 is 11.8 Å². The molecule has 35 heavy (non-hydrogen) atoms. The Morgan fingerprint density at radius 2 is 1.29 bits per heavy atom. The van der Waals surface area contributed by atoms with Gasteiger partial charge in [-0.25, -0.2) is 4.79 Å². The molecule has 0 atom stereocenters. The molecule has 0 aliphatic rings. The molecule has 2 amide bonds. The van der Waals surface area contributed by atoms with E-state index >= 15 is 0 Å². The van der Waals surface area contributed by atoms with Gasteiger partial charge in [0.2, 0.25) is 5.91 Å². The van der Waals surface area contributed by atoms with Crippen LogP contribution in [-0.2, 0) is 4.79 Å². The Bertz CT molecular complexity index is 1300. The second kappa shape index (κ2) is 11.2. The van der Waals surface area contributed by atoms with Crippen LogP contribution in [0.3, 0.4) is 0 Å². The number of rotatable bonds is 8. The van der Waals surface area contributed by atoms with Gasteiger partial charge in [0.25, 0.3) is 5.91 Å². The lowest BCUT2D eigenvalue weighted by Crippen LogP contribution is -2.27. The predicted molar refractivity (Wildman–Crippen MR) is 139 cm³/mol. The molecule has 0 spiro atoms. The maximum Gasteiger partial charge on any atom is 0.336 e. The summed E-state index contributed by atoms with van der Waals surface area (Å²) in [5.41, 5.74) is 2.08. The topological polar surface area (TPSA) is 86.7 Å². The molecular formula is C28H22N2O4S. The van der Waals surface area contributed by atoms with Crippen molar-refractivity contribution >= 4 is 46.6 Å². The number of carbonyl (C=O) groups is 3. The van der Waals surface area contributed by atoms with E-state index < -0.39 is 11.9 Å². The van der Waals surface area contributed by atoms with Gasteiger partial charge in [-0.3, -0.25) is 14.5 Å². The van der Waals surface area contributed by atoms with Crippen molar-refractivity contribution in [1.82, 2.24) is 0 Å². The molecule has 7 heteroatoms. The van der Waals surface area contributed by atoms with E-state index in [1.165, 1.54) is 23.9 Å². The third-order valence-electron chi connectivity index (χ3n) is 5.13. The smallest absolute Gasteiger partial charge is 0.336 e. The van der Waals surface area contributed by atoms with Crippen molar-refractivity contribution < 1.29 is 19.5 Å². The summed E-state index contributed by atoms with van der Waals surface area (Å²) in [7, 11) is 0. The van der Waals surface area contributed by atoms with E-state index in [0.29, 0.717) is 5.69 Å². The molecule has 4 aromatic carbocycles. The van der Waals surface area contributed by atoms with E-state index in [-0.39, 0.29) is 22.8 Å². The number of carboxylic acid groups (broad SMARTS) is 1. The van der Waals surface area contributed by atoms with Crippen molar-refractivity contribution in [3.8, 4) is 0 Å². The summed E-state index contributed by atoms with van der Waals surface area (Å²) in [6, 6.07) is 32.1. The van der Waals surface area contributed by atoms with Crippen molar-refractivity contribution in [2.45, 2.75) is 4.90 Å². The first-order chi connectivity index (χ1) is 17.0.